The standard InChI is InChI=1S/C25H24BrN5/c1-30-13-15-31(16-14-30)21-10-8-20(9-11-21)27-25-22-17-19(26)7-12-23(22)28-24(29-25)18-5-3-2-4-6-18/h2-12,17H,13-16H2,1H3,(H,27,28,29). The number of fused-ring (bicyclic) bond motifs is 1. The normalized spacial score (nSPS) is 14.7. The summed E-state index contributed by atoms with van der Waals surface area (Å²) >= 11 is 3.58. The number of nitrogens with zero attached hydrogens (tertiary/aromatic N) is 4. The highest BCUT2D eigenvalue weighted by molar-refractivity contribution is 9.10. The molecule has 1 fully saturated rings. The zero-order chi connectivity index (χ0) is 21.2. The lowest BCUT2D eigenvalue weighted by Crippen LogP contribution is -2.44. The lowest BCUT2D eigenvalue weighted by molar-refractivity contribution is 0.313. The van der Waals surface area contributed by atoms with E-state index < -0.39 is 0 Å². The molecule has 31 heavy (non-hydrogen) atoms. The van der Waals surface area contributed by atoms with Crippen molar-refractivity contribution >= 4 is 44.0 Å². The molecule has 6 heteroatoms. The highest BCUT2D eigenvalue weighted by Gasteiger charge is 2.15. The van der Waals surface area contributed by atoms with E-state index in [9.17, 15) is 0 Å². The number of aromatic nitrogens is 2. The summed E-state index contributed by atoms with van der Waals surface area (Å²) in [6, 6.07) is 24.8. The summed E-state index contributed by atoms with van der Waals surface area (Å²) in [5.41, 5.74) is 4.19. The van der Waals surface area contributed by atoms with Gasteiger partial charge in [-0.3, -0.25) is 0 Å². The van der Waals surface area contributed by atoms with E-state index in [1.165, 1.54) is 5.69 Å². The Bertz CT molecular complexity index is 1190. The molecule has 5 rings (SSSR count). The Kier molecular flexibility index (Phi) is 5.57. The number of hydrogen-bond acceptors (Lipinski definition) is 5. The van der Waals surface area contributed by atoms with Crippen molar-refractivity contribution in [3.63, 3.8) is 0 Å². The van der Waals surface area contributed by atoms with Crippen LogP contribution in [0.15, 0.2) is 77.3 Å². The second-order valence-electron chi connectivity index (χ2n) is 7.89. The molecular formula is C25H24BrN5. The molecular weight excluding hydrogens is 450 g/mol. The third-order valence-electron chi connectivity index (χ3n) is 5.69. The minimum atomic E-state index is 0.715. The maximum Gasteiger partial charge on any atom is 0.162 e. The van der Waals surface area contributed by atoms with Gasteiger partial charge in [0.15, 0.2) is 5.82 Å². The molecule has 0 spiro atoms. The largest absolute Gasteiger partial charge is 0.369 e. The van der Waals surface area contributed by atoms with E-state index in [1.54, 1.807) is 0 Å². The van der Waals surface area contributed by atoms with Crippen molar-refractivity contribution in [2.75, 3.05) is 43.4 Å². The number of hydrogen-bond donors (Lipinski definition) is 1. The van der Waals surface area contributed by atoms with E-state index in [4.69, 9.17) is 9.97 Å². The Balaban J connectivity index is 1.47. The first-order valence-electron chi connectivity index (χ1n) is 10.5. The number of rotatable bonds is 4. The van der Waals surface area contributed by atoms with Gasteiger partial charge in [-0.1, -0.05) is 46.3 Å². The molecule has 0 radical (unpaired) electrons. The monoisotopic (exact) mass is 473 g/mol. The fourth-order valence-corrected chi connectivity index (χ4v) is 4.23. The van der Waals surface area contributed by atoms with Crippen LogP contribution in [0.25, 0.3) is 22.3 Å². The van der Waals surface area contributed by atoms with E-state index in [0.717, 1.165) is 58.6 Å². The molecule has 3 aromatic carbocycles. The van der Waals surface area contributed by atoms with Gasteiger partial charge in [0.25, 0.3) is 0 Å². The second-order valence-corrected chi connectivity index (χ2v) is 8.80. The molecule has 1 saturated heterocycles. The minimum Gasteiger partial charge on any atom is -0.369 e. The van der Waals surface area contributed by atoms with Crippen LogP contribution in [-0.4, -0.2) is 48.1 Å². The molecule has 156 valence electrons. The van der Waals surface area contributed by atoms with E-state index in [1.807, 2.05) is 42.5 Å². The van der Waals surface area contributed by atoms with Crippen molar-refractivity contribution in [3.05, 3.63) is 77.3 Å². The second kappa shape index (κ2) is 8.65. The summed E-state index contributed by atoms with van der Waals surface area (Å²) < 4.78 is 1.00. The molecule has 1 aromatic heterocycles. The van der Waals surface area contributed by atoms with Gasteiger partial charge >= 0.3 is 0 Å². The number of piperazine rings is 1. The van der Waals surface area contributed by atoms with Crippen LogP contribution in [0.5, 0.6) is 0 Å². The summed E-state index contributed by atoms with van der Waals surface area (Å²) in [5.74, 6) is 1.52. The fraction of sp³-hybridized carbons (Fsp3) is 0.200. The molecule has 0 aliphatic carbocycles. The van der Waals surface area contributed by atoms with Gasteiger partial charge in [0, 0.05) is 53.0 Å². The summed E-state index contributed by atoms with van der Waals surface area (Å²) in [4.78, 5) is 14.5. The van der Waals surface area contributed by atoms with Gasteiger partial charge in [-0.2, -0.15) is 0 Å². The van der Waals surface area contributed by atoms with Crippen LogP contribution >= 0.6 is 15.9 Å². The molecule has 2 heterocycles. The average Bonchev–Trinajstić information content (AvgIpc) is 2.81. The topological polar surface area (TPSA) is 44.3 Å². The molecule has 0 amide bonds. The van der Waals surface area contributed by atoms with Crippen LogP contribution in [-0.2, 0) is 0 Å². The summed E-state index contributed by atoms with van der Waals surface area (Å²) in [7, 11) is 2.18. The third-order valence-corrected chi connectivity index (χ3v) is 6.18. The minimum absolute atomic E-state index is 0.715. The number of likely N-dealkylation sites (N-methyl/N-ethyl adjacent to an activating group) is 1. The quantitative estimate of drug-likeness (QED) is 0.420. The van der Waals surface area contributed by atoms with Crippen molar-refractivity contribution in [1.29, 1.82) is 0 Å². The van der Waals surface area contributed by atoms with Crippen LogP contribution in [0.4, 0.5) is 17.2 Å². The van der Waals surface area contributed by atoms with Gasteiger partial charge in [0.1, 0.15) is 5.82 Å². The fourth-order valence-electron chi connectivity index (χ4n) is 3.87. The predicted octanol–water partition coefficient (Wildman–Crippen LogP) is 5.55. The number of anilines is 3. The lowest BCUT2D eigenvalue weighted by atomic mass is 10.1. The number of nitrogens with one attached hydrogen (secondary N) is 1. The molecule has 1 N–H and O–H groups in total. The molecule has 4 aromatic rings. The average molecular weight is 474 g/mol. The number of benzene rings is 3. The maximum atomic E-state index is 4.87. The Hall–Kier alpha value is -2.96. The Labute approximate surface area is 190 Å². The van der Waals surface area contributed by atoms with Gasteiger partial charge in [0.2, 0.25) is 0 Å². The Morgan fingerprint density at radius 1 is 0.839 bits per heavy atom. The SMILES string of the molecule is CN1CCN(c2ccc(Nc3nc(-c4ccccc4)nc4ccc(Br)cc34)cc2)CC1. The van der Waals surface area contributed by atoms with Crippen molar-refractivity contribution in [2.24, 2.45) is 0 Å². The van der Waals surface area contributed by atoms with Crippen LogP contribution in [0.2, 0.25) is 0 Å². The molecule has 0 atom stereocenters. The molecule has 0 saturated carbocycles. The van der Waals surface area contributed by atoms with Gasteiger partial charge in [-0.25, -0.2) is 9.97 Å². The van der Waals surface area contributed by atoms with Crippen LogP contribution in [0.3, 0.4) is 0 Å². The summed E-state index contributed by atoms with van der Waals surface area (Å²) in [6.07, 6.45) is 0. The Morgan fingerprint density at radius 2 is 1.58 bits per heavy atom. The highest BCUT2D eigenvalue weighted by Crippen LogP contribution is 2.30. The molecule has 0 bridgehead atoms. The lowest BCUT2D eigenvalue weighted by Gasteiger charge is -2.34. The summed E-state index contributed by atoms with van der Waals surface area (Å²) in [5, 5.41) is 4.51. The van der Waals surface area contributed by atoms with Gasteiger partial charge in [-0.15, -0.1) is 0 Å². The van der Waals surface area contributed by atoms with Crippen LogP contribution in [0, 0.1) is 0 Å². The van der Waals surface area contributed by atoms with Crippen molar-refractivity contribution < 1.29 is 0 Å². The van der Waals surface area contributed by atoms with E-state index in [2.05, 4.69) is 68.4 Å². The first-order chi connectivity index (χ1) is 15.2. The van der Waals surface area contributed by atoms with Gasteiger partial charge in [-0.05, 0) is 49.5 Å². The van der Waals surface area contributed by atoms with Gasteiger partial charge in [0.05, 0.1) is 5.52 Å². The van der Waals surface area contributed by atoms with E-state index in [-0.39, 0.29) is 0 Å². The van der Waals surface area contributed by atoms with E-state index >= 15 is 0 Å². The third kappa shape index (κ3) is 4.40. The highest BCUT2D eigenvalue weighted by atomic mass is 79.9. The first-order valence-corrected chi connectivity index (χ1v) is 11.3. The Morgan fingerprint density at radius 3 is 2.32 bits per heavy atom. The summed E-state index contributed by atoms with van der Waals surface area (Å²) in [6.45, 7) is 4.33. The molecule has 1 aliphatic rings. The van der Waals surface area contributed by atoms with Crippen LogP contribution in [0.1, 0.15) is 0 Å². The number of halogens is 1. The molecule has 1 aliphatic heterocycles. The van der Waals surface area contributed by atoms with Gasteiger partial charge < -0.3 is 15.1 Å². The van der Waals surface area contributed by atoms with Crippen molar-refractivity contribution in [1.82, 2.24) is 14.9 Å². The zero-order valence-electron chi connectivity index (χ0n) is 17.4. The smallest absolute Gasteiger partial charge is 0.162 e. The van der Waals surface area contributed by atoms with Crippen LogP contribution < -0.4 is 10.2 Å². The first kappa shape index (κ1) is 20.0. The van der Waals surface area contributed by atoms with Crippen molar-refractivity contribution in [3.8, 4) is 11.4 Å². The van der Waals surface area contributed by atoms with Crippen molar-refractivity contribution in [2.45, 2.75) is 0 Å². The zero-order valence-corrected chi connectivity index (χ0v) is 19.0. The molecule has 5 nitrogen and oxygen atoms in total. The maximum absolute atomic E-state index is 4.87. The molecule has 0 unspecified atom stereocenters. The van der Waals surface area contributed by atoms with E-state index in [0.29, 0.717) is 5.82 Å². The predicted molar refractivity (Wildman–Crippen MR) is 132 cm³/mol.